The lowest BCUT2D eigenvalue weighted by atomic mass is 9.99. The van der Waals surface area contributed by atoms with Crippen LogP contribution in [0.2, 0.25) is 0 Å². The summed E-state index contributed by atoms with van der Waals surface area (Å²) in [5.41, 5.74) is 3.56. The number of alkyl halides is 2. The summed E-state index contributed by atoms with van der Waals surface area (Å²) in [5, 5.41) is 0. The average Bonchev–Trinajstić information content (AvgIpc) is 3.16. The van der Waals surface area contributed by atoms with Crippen molar-refractivity contribution in [3.05, 3.63) is 101 Å². The maximum Gasteiger partial charge on any atom is 0.320 e. The molecule has 1 amide bonds. The van der Waals surface area contributed by atoms with Gasteiger partial charge >= 0.3 is 6.55 Å². The monoisotopic (exact) mass is 419 g/mol. The summed E-state index contributed by atoms with van der Waals surface area (Å²) >= 11 is 0. The minimum atomic E-state index is -2.73. The van der Waals surface area contributed by atoms with Crippen LogP contribution >= 0.6 is 0 Å². The topological polar surface area (TPSA) is 38.1 Å². The molecule has 0 aliphatic rings. The van der Waals surface area contributed by atoms with Gasteiger partial charge in [0, 0.05) is 12.6 Å². The van der Waals surface area contributed by atoms with E-state index in [1.807, 2.05) is 36.4 Å². The highest BCUT2D eigenvalue weighted by atomic mass is 19.3. The minimum Gasteiger partial charge on any atom is -0.334 e. The van der Waals surface area contributed by atoms with Gasteiger partial charge in [0.05, 0.1) is 17.6 Å². The van der Waals surface area contributed by atoms with E-state index in [4.69, 9.17) is 0 Å². The summed E-state index contributed by atoms with van der Waals surface area (Å²) < 4.78 is 28.3. The van der Waals surface area contributed by atoms with Gasteiger partial charge in [0.15, 0.2) is 0 Å². The minimum absolute atomic E-state index is 0.00905. The van der Waals surface area contributed by atoms with Crippen LogP contribution in [-0.4, -0.2) is 27.4 Å². The highest BCUT2D eigenvalue weighted by Gasteiger charge is 2.22. The Hall–Kier alpha value is -3.54. The van der Waals surface area contributed by atoms with Gasteiger partial charge in [0.25, 0.3) is 5.91 Å². The lowest BCUT2D eigenvalue weighted by Crippen LogP contribution is -2.28. The first kappa shape index (κ1) is 20.7. The van der Waals surface area contributed by atoms with Crippen molar-refractivity contribution in [3.8, 4) is 0 Å². The lowest BCUT2D eigenvalue weighted by Gasteiger charge is -2.19. The first-order chi connectivity index (χ1) is 15.0. The number of halogens is 2. The Bertz CT molecular complexity index is 1190. The molecule has 0 saturated heterocycles. The molecule has 0 aliphatic carbocycles. The lowest BCUT2D eigenvalue weighted by molar-refractivity contribution is 0.0646. The van der Waals surface area contributed by atoms with Crippen LogP contribution in [0.3, 0.4) is 0 Å². The number of aryl methyl sites for hydroxylation is 2. The zero-order valence-electron chi connectivity index (χ0n) is 17.2. The van der Waals surface area contributed by atoms with Gasteiger partial charge in [0.1, 0.15) is 5.82 Å². The quantitative estimate of drug-likeness (QED) is 0.397. The molecule has 1 heterocycles. The fraction of sp³-hybridized carbons (Fsp3) is 0.200. The molecule has 4 rings (SSSR count). The molecule has 31 heavy (non-hydrogen) atoms. The Morgan fingerprint density at radius 2 is 1.61 bits per heavy atom. The van der Waals surface area contributed by atoms with Crippen molar-refractivity contribution in [2.75, 3.05) is 7.05 Å². The van der Waals surface area contributed by atoms with Gasteiger partial charge in [-0.2, -0.15) is 8.78 Å². The van der Waals surface area contributed by atoms with E-state index in [0.717, 1.165) is 23.0 Å². The number of benzene rings is 3. The van der Waals surface area contributed by atoms with Gasteiger partial charge in [-0.15, -0.1) is 0 Å². The number of hydrogen-bond donors (Lipinski definition) is 0. The van der Waals surface area contributed by atoms with E-state index >= 15 is 0 Å². The molecule has 4 aromatic rings. The van der Waals surface area contributed by atoms with Crippen LogP contribution in [0.4, 0.5) is 8.78 Å². The first-order valence-electron chi connectivity index (χ1n) is 10.2. The largest absolute Gasteiger partial charge is 0.334 e. The summed E-state index contributed by atoms with van der Waals surface area (Å²) in [6.07, 6.45) is 1.53. The SMILES string of the molecule is CN(Cc1nc2ccccc2n1C(F)F)C(=O)c1ccccc1CCc1ccccc1. The molecule has 0 radical (unpaired) electrons. The molecule has 158 valence electrons. The summed E-state index contributed by atoms with van der Waals surface area (Å²) in [4.78, 5) is 19.0. The molecule has 0 atom stereocenters. The second-order valence-electron chi connectivity index (χ2n) is 7.47. The smallest absolute Gasteiger partial charge is 0.320 e. The van der Waals surface area contributed by atoms with Crippen LogP contribution in [0, 0.1) is 0 Å². The molecule has 1 aromatic heterocycles. The number of carbonyl (C=O) groups is 1. The number of carbonyl (C=O) groups excluding carboxylic acids is 1. The van der Waals surface area contributed by atoms with Crippen molar-refractivity contribution in [1.82, 2.24) is 14.5 Å². The number of nitrogens with zero attached hydrogens (tertiary/aromatic N) is 3. The Morgan fingerprint density at radius 3 is 2.39 bits per heavy atom. The fourth-order valence-electron chi connectivity index (χ4n) is 3.78. The van der Waals surface area contributed by atoms with Crippen LogP contribution < -0.4 is 0 Å². The van der Waals surface area contributed by atoms with Crippen molar-refractivity contribution in [1.29, 1.82) is 0 Å². The third-order valence-corrected chi connectivity index (χ3v) is 5.36. The van der Waals surface area contributed by atoms with Crippen molar-refractivity contribution in [2.24, 2.45) is 0 Å². The third kappa shape index (κ3) is 4.48. The molecule has 6 heteroatoms. The van der Waals surface area contributed by atoms with Gasteiger partial charge in [0.2, 0.25) is 0 Å². The zero-order valence-corrected chi connectivity index (χ0v) is 17.2. The number of hydrogen-bond acceptors (Lipinski definition) is 2. The molecule has 0 spiro atoms. The number of fused-ring (bicyclic) bond motifs is 1. The molecule has 0 saturated carbocycles. The highest BCUT2D eigenvalue weighted by molar-refractivity contribution is 5.95. The number of aromatic nitrogens is 2. The van der Waals surface area contributed by atoms with Crippen LogP contribution in [0.25, 0.3) is 11.0 Å². The van der Waals surface area contributed by atoms with Gasteiger partial charge in [-0.1, -0.05) is 60.7 Å². The Labute approximate surface area is 179 Å². The predicted octanol–water partition coefficient (Wildman–Crippen LogP) is 5.49. The Morgan fingerprint density at radius 1 is 0.935 bits per heavy atom. The average molecular weight is 419 g/mol. The summed E-state index contributed by atoms with van der Waals surface area (Å²) in [6, 6.07) is 24.3. The van der Waals surface area contributed by atoms with E-state index in [2.05, 4.69) is 17.1 Å². The van der Waals surface area contributed by atoms with Crippen molar-refractivity contribution >= 4 is 16.9 Å². The molecule has 0 fully saturated rings. The molecule has 4 nitrogen and oxygen atoms in total. The van der Waals surface area contributed by atoms with Crippen LogP contribution in [0.5, 0.6) is 0 Å². The third-order valence-electron chi connectivity index (χ3n) is 5.36. The van der Waals surface area contributed by atoms with Crippen molar-refractivity contribution in [2.45, 2.75) is 25.9 Å². The van der Waals surface area contributed by atoms with Gasteiger partial charge in [-0.25, -0.2) is 4.98 Å². The van der Waals surface area contributed by atoms with Gasteiger partial charge in [-0.3, -0.25) is 9.36 Å². The molecule has 0 bridgehead atoms. The van der Waals surface area contributed by atoms with E-state index < -0.39 is 6.55 Å². The first-order valence-corrected chi connectivity index (χ1v) is 10.2. The number of rotatable bonds is 7. The maximum absolute atomic E-state index is 13.7. The molecule has 0 N–H and O–H groups in total. The van der Waals surface area contributed by atoms with Crippen molar-refractivity contribution < 1.29 is 13.6 Å². The molecular formula is C25H23F2N3O. The number of amides is 1. The molecule has 0 aliphatic heterocycles. The van der Waals surface area contributed by atoms with E-state index in [9.17, 15) is 13.6 Å². The number of para-hydroxylation sites is 2. The highest BCUT2D eigenvalue weighted by Crippen LogP contribution is 2.24. The van der Waals surface area contributed by atoms with Crippen LogP contribution in [0.15, 0.2) is 78.9 Å². The maximum atomic E-state index is 13.7. The summed E-state index contributed by atoms with van der Waals surface area (Å²) in [6.45, 7) is -2.74. The van der Waals surface area contributed by atoms with E-state index in [-0.39, 0.29) is 18.3 Å². The fourth-order valence-corrected chi connectivity index (χ4v) is 3.78. The van der Waals surface area contributed by atoms with Crippen molar-refractivity contribution in [3.63, 3.8) is 0 Å². The van der Waals surface area contributed by atoms with Gasteiger partial charge < -0.3 is 4.90 Å². The normalized spacial score (nSPS) is 11.2. The molecule has 0 unspecified atom stereocenters. The van der Waals surface area contributed by atoms with E-state index in [1.54, 1.807) is 37.4 Å². The standard InChI is InChI=1S/C25H23F2N3O/c1-29(17-23-28-21-13-7-8-14-22(21)30(23)25(26)27)24(31)20-12-6-5-11-19(20)16-15-18-9-3-2-4-10-18/h2-14,25H,15-17H2,1H3. The van der Waals surface area contributed by atoms with Gasteiger partial charge in [-0.05, 0) is 42.2 Å². The predicted molar refractivity (Wildman–Crippen MR) is 117 cm³/mol. The summed E-state index contributed by atoms with van der Waals surface area (Å²) in [7, 11) is 1.62. The van der Waals surface area contributed by atoms with Crippen LogP contribution in [-0.2, 0) is 19.4 Å². The van der Waals surface area contributed by atoms with E-state index in [1.165, 1.54) is 10.5 Å². The molecule has 3 aromatic carbocycles. The zero-order chi connectivity index (χ0) is 21.8. The Kier molecular flexibility index (Phi) is 6.07. The molecular weight excluding hydrogens is 396 g/mol. The summed E-state index contributed by atoms with van der Waals surface area (Å²) in [5.74, 6) is -0.0506. The van der Waals surface area contributed by atoms with Crippen LogP contribution in [0.1, 0.15) is 33.9 Å². The second kappa shape index (κ2) is 9.08. The van der Waals surface area contributed by atoms with E-state index in [0.29, 0.717) is 16.6 Å². The number of imidazole rings is 1. The second-order valence-corrected chi connectivity index (χ2v) is 7.47. The Balaban J connectivity index is 1.55.